The van der Waals surface area contributed by atoms with Gasteiger partial charge < -0.3 is 10.1 Å². The van der Waals surface area contributed by atoms with Crippen molar-refractivity contribution in [2.75, 3.05) is 13.2 Å². The van der Waals surface area contributed by atoms with Crippen LogP contribution in [0.25, 0.3) is 0 Å². The largest absolute Gasteiger partial charge is 0.378 e. The standard InChI is InChI=1S/C14H17FN2O/c1-10-13(2-3-18-10)9-17-8-12-4-11(7-16)5-14(15)6-12/h4-6,10,13,17H,2-3,8-9H2,1H3. The second-order valence-corrected chi connectivity index (χ2v) is 4.72. The Kier molecular flexibility index (Phi) is 4.29. The molecule has 1 aromatic carbocycles. The molecule has 1 saturated heterocycles. The lowest BCUT2D eigenvalue weighted by atomic mass is 10.0. The maximum absolute atomic E-state index is 13.2. The minimum Gasteiger partial charge on any atom is -0.378 e. The van der Waals surface area contributed by atoms with E-state index in [0.29, 0.717) is 24.1 Å². The zero-order valence-corrected chi connectivity index (χ0v) is 10.4. The molecular formula is C14H17FN2O. The Bertz CT molecular complexity index is 456. The first-order chi connectivity index (χ1) is 8.69. The van der Waals surface area contributed by atoms with E-state index >= 15 is 0 Å². The van der Waals surface area contributed by atoms with Crippen molar-refractivity contribution in [2.45, 2.75) is 26.0 Å². The molecule has 1 aliphatic rings. The van der Waals surface area contributed by atoms with Crippen molar-refractivity contribution in [2.24, 2.45) is 5.92 Å². The SMILES string of the molecule is CC1OCCC1CNCc1cc(F)cc(C#N)c1. The number of halogens is 1. The summed E-state index contributed by atoms with van der Waals surface area (Å²) in [4.78, 5) is 0. The molecule has 1 heterocycles. The molecule has 96 valence electrons. The van der Waals surface area contributed by atoms with Gasteiger partial charge in [0.15, 0.2) is 0 Å². The van der Waals surface area contributed by atoms with Gasteiger partial charge in [0, 0.05) is 19.7 Å². The molecule has 0 bridgehead atoms. The molecule has 2 atom stereocenters. The van der Waals surface area contributed by atoms with E-state index in [-0.39, 0.29) is 5.82 Å². The third kappa shape index (κ3) is 3.28. The summed E-state index contributed by atoms with van der Waals surface area (Å²) >= 11 is 0. The van der Waals surface area contributed by atoms with Gasteiger partial charge in [-0.2, -0.15) is 5.26 Å². The van der Waals surface area contributed by atoms with E-state index < -0.39 is 0 Å². The fourth-order valence-corrected chi connectivity index (χ4v) is 2.26. The van der Waals surface area contributed by atoms with E-state index in [4.69, 9.17) is 10.00 Å². The predicted molar refractivity (Wildman–Crippen MR) is 66.3 cm³/mol. The summed E-state index contributed by atoms with van der Waals surface area (Å²) in [6.45, 7) is 4.34. The summed E-state index contributed by atoms with van der Waals surface area (Å²) < 4.78 is 18.7. The summed E-state index contributed by atoms with van der Waals surface area (Å²) in [6, 6.07) is 6.38. The fourth-order valence-electron chi connectivity index (χ4n) is 2.26. The van der Waals surface area contributed by atoms with Gasteiger partial charge in [-0.3, -0.25) is 0 Å². The number of rotatable bonds is 4. The first-order valence-corrected chi connectivity index (χ1v) is 6.21. The lowest BCUT2D eigenvalue weighted by molar-refractivity contribution is 0.105. The molecule has 1 aromatic rings. The number of nitrogens with zero attached hydrogens (tertiary/aromatic N) is 1. The van der Waals surface area contributed by atoms with Gasteiger partial charge in [-0.15, -0.1) is 0 Å². The first kappa shape index (κ1) is 13.0. The summed E-state index contributed by atoms with van der Waals surface area (Å²) in [5.41, 5.74) is 1.17. The highest BCUT2D eigenvalue weighted by molar-refractivity contribution is 5.33. The Hall–Kier alpha value is -1.44. The number of hydrogen-bond acceptors (Lipinski definition) is 3. The van der Waals surface area contributed by atoms with Gasteiger partial charge in [0.1, 0.15) is 5.82 Å². The van der Waals surface area contributed by atoms with Crippen LogP contribution in [0.2, 0.25) is 0 Å². The highest BCUT2D eigenvalue weighted by Crippen LogP contribution is 2.19. The van der Waals surface area contributed by atoms with E-state index in [1.54, 1.807) is 6.07 Å². The molecule has 3 nitrogen and oxygen atoms in total. The summed E-state index contributed by atoms with van der Waals surface area (Å²) in [5.74, 6) is 0.164. The highest BCUT2D eigenvalue weighted by atomic mass is 19.1. The molecule has 0 radical (unpaired) electrons. The van der Waals surface area contributed by atoms with Crippen LogP contribution in [0.4, 0.5) is 4.39 Å². The lowest BCUT2D eigenvalue weighted by Crippen LogP contribution is -2.26. The van der Waals surface area contributed by atoms with Crippen molar-refractivity contribution in [3.05, 3.63) is 35.1 Å². The van der Waals surface area contributed by atoms with E-state index in [1.165, 1.54) is 12.1 Å². The molecule has 2 unspecified atom stereocenters. The molecule has 0 spiro atoms. The van der Waals surface area contributed by atoms with Crippen molar-refractivity contribution < 1.29 is 9.13 Å². The van der Waals surface area contributed by atoms with Crippen molar-refractivity contribution in [3.8, 4) is 6.07 Å². The van der Waals surface area contributed by atoms with Crippen LogP contribution in [0.3, 0.4) is 0 Å². The molecule has 1 N–H and O–H groups in total. The molecule has 0 amide bonds. The van der Waals surface area contributed by atoms with Gasteiger partial charge >= 0.3 is 0 Å². The highest BCUT2D eigenvalue weighted by Gasteiger charge is 2.23. The molecule has 1 aliphatic heterocycles. The van der Waals surface area contributed by atoms with Gasteiger partial charge in [0.2, 0.25) is 0 Å². The van der Waals surface area contributed by atoms with Crippen LogP contribution in [0, 0.1) is 23.1 Å². The smallest absolute Gasteiger partial charge is 0.124 e. The van der Waals surface area contributed by atoms with E-state index in [9.17, 15) is 4.39 Å². The third-order valence-electron chi connectivity index (χ3n) is 3.36. The summed E-state index contributed by atoms with van der Waals surface area (Å²) in [5, 5.41) is 12.1. The molecule has 2 rings (SSSR count). The van der Waals surface area contributed by atoms with Crippen LogP contribution in [-0.4, -0.2) is 19.3 Å². The van der Waals surface area contributed by atoms with Gasteiger partial charge in [0.25, 0.3) is 0 Å². The molecule has 18 heavy (non-hydrogen) atoms. The number of nitriles is 1. The van der Waals surface area contributed by atoms with E-state index in [0.717, 1.165) is 25.1 Å². The van der Waals surface area contributed by atoms with Crippen LogP contribution >= 0.6 is 0 Å². The molecule has 0 aromatic heterocycles. The summed E-state index contributed by atoms with van der Waals surface area (Å²) in [7, 11) is 0. The second-order valence-electron chi connectivity index (χ2n) is 4.72. The maximum atomic E-state index is 13.2. The van der Waals surface area contributed by atoms with Gasteiger partial charge in [-0.05, 0) is 43.0 Å². The third-order valence-corrected chi connectivity index (χ3v) is 3.36. The zero-order valence-electron chi connectivity index (χ0n) is 10.4. The van der Waals surface area contributed by atoms with Gasteiger partial charge in [-0.1, -0.05) is 0 Å². The van der Waals surface area contributed by atoms with Crippen molar-refractivity contribution in [1.29, 1.82) is 5.26 Å². The Balaban J connectivity index is 1.86. The Morgan fingerprint density at radius 1 is 1.50 bits per heavy atom. The monoisotopic (exact) mass is 248 g/mol. The van der Waals surface area contributed by atoms with Crippen molar-refractivity contribution in [1.82, 2.24) is 5.32 Å². The predicted octanol–water partition coefficient (Wildman–Crippen LogP) is 2.21. The number of ether oxygens (including phenoxy) is 1. The Labute approximate surface area is 107 Å². The van der Waals surface area contributed by atoms with Gasteiger partial charge in [-0.25, -0.2) is 4.39 Å². The van der Waals surface area contributed by atoms with Crippen molar-refractivity contribution in [3.63, 3.8) is 0 Å². The molecule has 1 fully saturated rings. The average Bonchev–Trinajstić information content (AvgIpc) is 2.74. The van der Waals surface area contributed by atoms with Crippen molar-refractivity contribution >= 4 is 0 Å². The maximum Gasteiger partial charge on any atom is 0.124 e. The van der Waals surface area contributed by atoms with Crippen LogP contribution < -0.4 is 5.32 Å². The topological polar surface area (TPSA) is 45.0 Å². The number of benzene rings is 1. The number of nitrogens with one attached hydrogen (secondary N) is 1. The minimum atomic E-state index is -0.358. The van der Waals surface area contributed by atoms with Gasteiger partial charge in [0.05, 0.1) is 17.7 Å². The average molecular weight is 248 g/mol. The normalized spacial score (nSPS) is 22.9. The van der Waals surface area contributed by atoms with Crippen LogP contribution in [0.15, 0.2) is 18.2 Å². The lowest BCUT2D eigenvalue weighted by Gasteiger charge is -2.14. The fraction of sp³-hybridized carbons (Fsp3) is 0.500. The molecule has 4 heteroatoms. The molecule has 0 aliphatic carbocycles. The zero-order chi connectivity index (χ0) is 13.0. The summed E-state index contributed by atoms with van der Waals surface area (Å²) in [6.07, 6.45) is 1.36. The quantitative estimate of drug-likeness (QED) is 0.888. The van der Waals surface area contributed by atoms with E-state index in [1.807, 2.05) is 6.07 Å². The molecular weight excluding hydrogens is 231 g/mol. The first-order valence-electron chi connectivity index (χ1n) is 6.21. The van der Waals surface area contributed by atoms with Crippen LogP contribution in [0.1, 0.15) is 24.5 Å². The Morgan fingerprint density at radius 3 is 3.00 bits per heavy atom. The van der Waals surface area contributed by atoms with Crippen LogP contribution in [-0.2, 0) is 11.3 Å². The Morgan fingerprint density at radius 2 is 2.33 bits per heavy atom. The second kappa shape index (κ2) is 5.94. The number of hydrogen-bond donors (Lipinski definition) is 1. The van der Waals surface area contributed by atoms with Crippen LogP contribution in [0.5, 0.6) is 0 Å². The minimum absolute atomic E-state index is 0.291. The molecule has 0 saturated carbocycles. The van der Waals surface area contributed by atoms with E-state index in [2.05, 4.69) is 12.2 Å².